The fraction of sp³-hybridized carbons (Fsp3) is 0.0667. The van der Waals surface area contributed by atoms with Gasteiger partial charge >= 0.3 is 0 Å². The maximum atomic E-state index is 12.1. The molecule has 0 atom stereocenters. The number of hydrogen-bond donors (Lipinski definition) is 3. The van der Waals surface area contributed by atoms with E-state index in [0.717, 1.165) is 0 Å². The van der Waals surface area contributed by atoms with Gasteiger partial charge in [0, 0.05) is 0 Å². The van der Waals surface area contributed by atoms with Gasteiger partial charge in [0.1, 0.15) is 17.3 Å². The van der Waals surface area contributed by atoms with Crippen molar-refractivity contribution in [1.82, 2.24) is 4.98 Å². The Morgan fingerprint density at radius 2 is 2.19 bits per heavy atom. The molecule has 0 unspecified atom stereocenters. The smallest absolute Gasteiger partial charge is 0.258 e. The number of nitrogens with two attached hydrogens (primary N) is 1. The lowest BCUT2D eigenvalue weighted by Gasteiger charge is -2.06. The van der Waals surface area contributed by atoms with Crippen molar-refractivity contribution in [2.75, 3.05) is 11.9 Å². The van der Waals surface area contributed by atoms with Gasteiger partial charge in [0.25, 0.3) is 5.91 Å². The summed E-state index contributed by atoms with van der Waals surface area (Å²) in [4.78, 5) is 16.3. The second-order valence-electron chi connectivity index (χ2n) is 4.03. The van der Waals surface area contributed by atoms with Gasteiger partial charge in [-0.2, -0.15) is 0 Å². The molecule has 4 N–H and O–H groups in total. The van der Waals surface area contributed by atoms with Gasteiger partial charge in [-0.3, -0.25) is 4.79 Å². The fourth-order valence-corrected chi connectivity index (χ4v) is 1.79. The largest absolute Gasteiger partial charge is 0.508 e. The highest BCUT2D eigenvalue weighted by atomic mass is 35.5. The van der Waals surface area contributed by atoms with E-state index >= 15 is 0 Å². The van der Waals surface area contributed by atoms with Crippen LogP contribution >= 0.6 is 11.6 Å². The van der Waals surface area contributed by atoms with E-state index in [0.29, 0.717) is 11.5 Å². The number of anilines is 1. The predicted octanol–water partition coefficient (Wildman–Crippen LogP) is 2.00. The lowest BCUT2D eigenvalue weighted by Crippen LogP contribution is -2.13. The summed E-state index contributed by atoms with van der Waals surface area (Å²) < 4.78 is 0. The van der Waals surface area contributed by atoms with E-state index in [-0.39, 0.29) is 22.9 Å². The number of pyridine rings is 1. The van der Waals surface area contributed by atoms with Crippen molar-refractivity contribution in [3.8, 4) is 17.6 Å². The molecule has 0 bridgehead atoms. The first-order valence-electron chi connectivity index (χ1n) is 6.06. The van der Waals surface area contributed by atoms with Crippen molar-refractivity contribution in [3.05, 3.63) is 52.7 Å². The number of benzene rings is 1. The Morgan fingerprint density at radius 1 is 1.38 bits per heavy atom. The molecule has 2 aromatic rings. The van der Waals surface area contributed by atoms with E-state index in [1.807, 2.05) is 0 Å². The number of phenolic OH excluding ortho intramolecular Hbond substituents is 1. The van der Waals surface area contributed by atoms with E-state index in [9.17, 15) is 9.90 Å². The number of nitrogens with one attached hydrogen (secondary N) is 1. The molecule has 1 aromatic carbocycles. The molecule has 0 aliphatic carbocycles. The summed E-state index contributed by atoms with van der Waals surface area (Å²) >= 11 is 5.93. The number of phenols is 1. The quantitative estimate of drug-likeness (QED) is 0.740. The molecule has 0 saturated carbocycles. The first-order valence-corrected chi connectivity index (χ1v) is 6.44. The lowest BCUT2D eigenvalue weighted by atomic mass is 10.2. The Bertz CT molecular complexity index is 735. The average Bonchev–Trinajstić information content (AvgIpc) is 2.48. The molecule has 106 valence electrons. The summed E-state index contributed by atoms with van der Waals surface area (Å²) in [6, 6.07) is 9.19. The number of nitrogens with zero attached hydrogens (tertiary/aromatic N) is 1. The van der Waals surface area contributed by atoms with E-state index in [1.165, 1.54) is 18.2 Å². The highest BCUT2D eigenvalue weighted by molar-refractivity contribution is 6.34. The van der Waals surface area contributed by atoms with Crippen LogP contribution in [0.2, 0.25) is 5.02 Å². The molecule has 0 spiro atoms. The molecule has 0 radical (unpaired) electrons. The van der Waals surface area contributed by atoms with Crippen LogP contribution in [0, 0.1) is 11.8 Å². The van der Waals surface area contributed by atoms with Crippen molar-refractivity contribution in [2.45, 2.75) is 0 Å². The molecule has 6 heteroatoms. The zero-order chi connectivity index (χ0) is 15.2. The topological polar surface area (TPSA) is 88.2 Å². The summed E-state index contributed by atoms with van der Waals surface area (Å²) in [5.41, 5.74) is 5.96. The third-order valence-electron chi connectivity index (χ3n) is 2.50. The van der Waals surface area contributed by atoms with Gasteiger partial charge in [0.05, 0.1) is 17.1 Å². The minimum Gasteiger partial charge on any atom is -0.508 e. The van der Waals surface area contributed by atoms with Crippen molar-refractivity contribution >= 4 is 23.3 Å². The van der Waals surface area contributed by atoms with Crippen molar-refractivity contribution in [2.24, 2.45) is 5.73 Å². The Labute approximate surface area is 126 Å². The summed E-state index contributed by atoms with van der Waals surface area (Å²) in [5.74, 6) is 5.29. The van der Waals surface area contributed by atoms with Crippen molar-refractivity contribution in [3.63, 3.8) is 0 Å². The number of carbonyl (C=O) groups excluding carboxylic acids is 1. The maximum absolute atomic E-state index is 12.1. The van der Waals surface area contributed by atoms with Crippen LogP contribution in [-0.4, -0.2) is 22.5 Å². The summed E-state index contributed by atoms with van der Waals surface area (Å²) in [5, 5.41) is 12.2. The van der Waals surface area contributed by atoms with Crippen LogP contribution < -0.4 is 11.1 Å². The molecular weight excluding hydrogens is 290 g/mol. The third kappa shape index (κ3) is 3.96. The summed E-state index contributed by atoms with van der Waals surface area (Å²) in [6.45, 7) is 0.233. The number of aromatic hydroxyl groups is 1. The molecular formula is C15H12ClN3O2. The Kier molecular flexibility index (Phi) is 4.77. The zero-order valence-electron chi connectivity index (χ0n) is 10.9. The van der Waals surface area contributed by atoms with E-state index in [1.54, 1.807) is 18.2 Å². The highest BCUT2D eigenvalue weighted by Crippen LogP contribution is 2.22. The van der Waals surface area contributed by atoms with Gasteiger partial charge in [0.15, 0.2) is 0 Å². The summed E-state index contributed by atoms with van der Waals surface area (Å²) in [6.07, 6.45) is 0. The average molecular weight is 302 g/mol. The van der Waals surface area contributed by atoms with Crippen LogP contribution in [0.15, 0.2) is 36.4 Å². The van der Waals surface area contributed by atoms with Gasteiger partial charge in [-0.25, -0.2) is 4.98 Å². The molecule has 0 aliphatic heterocycles. The molecule has 1 aromatic heterocycles. The van der Waals surface area contributed by atoms with Crippen LogP contribution in [-0.2, 0) is 0 Å². The Hall–Kier alpha value is -2.55. The number of amides is 1. The first-order chi connectivity index (χ1) is 10.1. The van der Waals surface area contributed by atoms with Gasteiger partial charge in [-0.1, -0.05) is 23.6 Å². The number of hydrogen-bond acceptors (Lipinski definition) is 4. The third-order valence-corrected chi connectivity index (χ3v) is 2.83. The standard InChI is InChI=1S/C15H12ClN3O2/c16-13-7-6-11(20)9-12(13)15(21)19-14-5-1-3-10(18-14)4-2-8-17/h1,3,5-7,9,20H,8,17H2,(H,18,19,21). The molecule has 2 rings (SSSR count). The number of halogens is 1. The number of rotatable bonds is 2. The van der Waals surface area contributed by atoms with Gasteiger partial charge in [-0.15, -0.1) is 0 Å². The molecule has 21 heavy (non-hydrogen) atoms. The zero-order valence-corrected chi connectivity index (χ0v) is 11.7. The lowest BCUT2D eigenvalue weighted by molar-refractivity contribution is 0.102. The normalized spacial score (nSPS) is 9.62. The van der Waals surface area contributed by atoms with Crippen molar-refractivity contribution in [1.29, 1.82) is 0 Å². The minimum atomic E-state index is -0.465. The predicted molar refractivity (Wildman–Crippen MR) is 81.2 cm³/mol. The van der Waals surface area contributed by atoms with E-state index in [4.69, 9.17) is 17.3 Å². The number of aromatic nitrogens is 1. The van der Waals surface area contributed by atoms with Gasteiger partial charge in [-0.05, 0) is 36.3 Å². The van der Waals surface area contributed by atoms with Crippen LogP contribution in [0.5, 0.6) is 5.75 Å². The molecule has 0 saturated heterocycles. The Morgan fingerprint density at radius 3 is 2.95 bits per heavy atom. The van der Waals surface area contributed by atoms with Gasteiger partial charge < -0.3 is 16.2 Å². The minimum absolute atomic E-state index is 0.0416. The van der Waals surface area contributed by atoms with E-state index in [2.05, 4.69) is 22.1 Å². The van der Waals surface area contributed by atoms with Crippen LogP contribution in [0.1, 0.15) is 16.1 Å². The van der Waals surface area contributed by atoms with Crippen molar-refractivity contribution < 1.29 is 9.90 Å². The molecule has 0 aliphatic rings. The monoisotopic (exact) mass is 301 g/mol. The number of carbonyl (C=O) groups is 1. The second-order valence-corrected chi connectivity index (χ2v) is 4.44. The van der Waals surface area contributed by atoms with Crippen LogP contribution in [0.25, 0.3) is 0 Å². The van der Waals surface area contributed by atoms with Crippen LogP contribution in [0.3, 0.4) is 0 Å². The van der Waals surface area contributed by atoms with Crippen LogP contribution in [0.4, 0.5) is 5.82 Å². The molecule has 0 fully saturated rings. The molecule has 1 heterocycles. The first kappa shape index (κ1) is 14.9. The van der Waals surface area contributed by atoms with E-state index < -0.39 is 5.91 Å². The SMILES string of the molecule is NCC#Cc1cccc(NC(=O)c2cc(O)ccc2Cl)n1. The fourth-order valence-electron chi connectivity index (χ4n) is 1.59. The highest BCUT2D eigenvalue weighted by Gasteiger charge is 2.12. The summed E-state index contributed by atoms with van der Waals surface area (Å²) in [7, 11) is 0. The second kappa shape index (κ2) is 6.75. The Balaban J connectivity index is 2.21. The van der Waals surface area contributed by atoms with Gasteiger partial charge in [0.2, 0.25) is 0 Å². The molecule has 5 nitrogen and oxygen atoms in total. The maximum Gasteiger partial charge on any atom is 0.258 e. The molecule has 1 amide bonds.